The van der Waals surface area contributed by atoms with Crippen molar-refractivity contribution in [2.45, 2.75) is 30.7 Å². The summed E-state index contributed by atoms with van der Waals surface area (Å²) in [4.78, 5) is 16.8. The van der Waals surface area contributed by atoms with Crippen molar-refractivity contribution in [3.05, 3.63) is 35.4 Å². The van der Waals surface area contributed by atoms with Crippen LogP contribution in [0.3, 0.4) is 0 Å². The summed E-state index contributed by atoms with van der Waals surface area (Å²) in [6.45, 7) is 2.34. The Balaban J connectivity index is 1.79. The molecule has 1 saturated heterocycles. The first kappa shape index (κ1) is 11.6. The molecule has 1 aliphatic carbocycles. The molecule has 1 heterocycles. The Morgan fingerprint density at radius 1 is 1.33 bits per heavy atom. The van der Waals surface area contributed by atoms with Crippen molar-refractivity contribution in [1.82, 2.24) is 4.90 Å². The van der Waals surface area contributed by atoms with Gasteiger partial charge >= 0.3 is 0 Å². The fourth-order valence-electron chi connectivity index (χ4n) is 2.94. The summed E-state index contributed by atoms with van der Waals surface area (Å²) in [6.07, 6.45) is 4.92. The number of nitrogens with zero attached hydrogens (tertiary/aromatic N) is 2. The summed E-state index contributed by atoms with van der Waals surface area (Å²) >= 11 is 0. The highest BCUT2D eigenvalue weighted by Gasteiger charge is 2.44. The number of benzene rings is 1. The first-order chi connectivity index (χ1) is 8.73. The van der Waals surface area contributed by atoms with Crippen molar-refractivity contribution < 1.29 is 4.79 Å². The molecular formula is C15H18N2O. The van der Waals surface area contributed by atoms with Crippen LogP contribution in [0.15, 0.2) is 29.3 Å². The lowest BCUT2D eigenvalue weighted by Crippen LogP contribution is -2.13. The fraction of sp³-hybridized carbons (Fsp3) is 0.533. The Hall–Kier alpha value is -1.44. The molecule has 18 heavy (non-hydrogen) atoms. The lowest BCUT2D eigenvalue weighted by molar-refractivity contribution is 0.411. The molecule has 1 atom stereocenters. The molecule has 1 aromatic carbocycles. The molecule has 0 spiro atoms. The zero-order chi connectivity index (χ0) is 12.6. The van der Waals surface area contributed by atoms with Crippen LogP contribution in [0.4, 0.5) is 0 Å². The van der Waals surface area contributed by atoms with Crippen molar-refractivity contribution in [1.29, 1.82) is 0 Å². The zero-order valence-electron chi connectivity index (χ0n) is 10.7. The van der Waals surface area contributed by atoms with Gasteiger partial charge in [0.2, 0.25) is 6.08 Å². The van der Waals surface area contributed by atoms with E-state index in [9.17, 15) is 4.79 Å². The number of hydrogen-bond acceptors (Lipinski definition) is 3. The van der Waals surface area contributed by atoms with Crippen molar-refractivity contribution in [2.75, 3.05) is 20.1 Å². The van der Waals surface area contributed by atoms with E-state index in [1.54, 1.807) is 6.08 Å². The molecule has 0 radical (unpaired) electrons. The van der Waals surface area contributed by atoms with E-state index in [1.807, 2.05) is 0 Å². The summed E-state index contributed by atoms with van der Waals surface area (Å²) in [7, 11) is 2.17. The third-order valence-corrected chi connectivity index (χ3v) is 4.29. The first-order valence-corrected chi connectivity index (χ1v) is 6.61. The third kappa shape index (κ3) is 2.00. The van der Waals surface area contributed by atoms with Gasteiger partial charge in [0.15, 0.2) is 0 Å². The van der Waals surface area contributed by atoms with Gasteiger partial charge in [0.25, 0.3) is 0 Å². The summed E-state index contributed by atoms with van der Waals surface area (Å²) in [5.41, 5.74) is 2.35. The molecule has 1 aromatic rings. The van der Waals surface area contributed by atoms with Crippen LogP contribution in [-0.2, 0) is 10.3 Å². The molecule has 2 aliphatic rings. The molecule has 0 N–H and O–H groups in total. The molecule has 0 bridgehead atoms. The number of isocyanates is 1. The van der Waals surface area contributed by atoms with Crippen molar-refractivity contribution in [3.8, 4) is 0 Å². The second-order valence-electron chi connectivity index (χ2n) is 5.60. The van der Waals surface area contributed by atoms with Gasteiger partial charge < -0.3 is 4.90 Å². The topological polar surface area (TPSA) is 32.7 Å². The third-order valence-electron chi connectivity index (χ3n) is 4.29. The normalized spacial score (nSPS) is 25.7. The van der Waals surface area contributed by atoms with Crippen LogP contribution in [0, 0.1) is 0 Å². The van der Waals surface area contributed by atoms with Crippen LogP contribution >= 0.6 is 0 Å². The number of carbonyl (C=O) groups excluding carboxylic acids is 1. The predicted molar refractivity (Wildman–Crippen MR) is 70.3 cm³/mol. The van der Waals surface area contributed by atoms with Gasteiger partial charge in [-0.2, -0.15) is 4.99 Å². The molecule has 0 aromatic heterocycles. The van der Waals surface area contributed by atoms with Gasteiger partial charge in [-0.1, -0.05) is 24.3 Å². The SMILES string of the molecule is CN1CCC(c2ccc(C3(N=C=O)CC3)cc2)C1. The average molecular weight is 242 g/mol. The number of likely N-dealkylation sites (N-methyl/N-ethyl adjacent to an activating group) is 1. The van der Waals surface area contributed by atoms with Crippen molar-refractivity contribution in [3.63, 3.8) is 0 Å². The molecule has 1 saturated carbocycles. The zero-order valence-corrected chi connectivity index (χ0v) is 10.7. The van der Waals surface area contributed by atoms with E-state index in [0.29, 0.717) is 5.92 Å². The number of hydrogen-bond donors (Lipinski definition) is 0. The Kier molecular flexibility index (Phi) is 2.81. The summed E-state index contributed by atoms with van der Waals surface area (Å²) in [6, 6.07) is 8.70. The maximum atomic E-state index is 10.4. The Morgan fingerprint density at radius 3 is 2.56 bits per heavy atom. The maximum absolute atomic E-state index is 10.4. The largest absolute Gasteiger partial charge is 0.306 e. The van der Waals surface area contributed by atoms with Crippen LogP contribution in [0.25, 0.3) is 0 Å². The highest BCUT2D eigenvalue weighted by molar-refractivity contribution is 5.42. The summed E-state index contributed by atoms with van der Waals surface area (Å²) in [5, 5.41) is 0. The second kappa shape index (κ2) is 4.34. The van der Waals surface area contributed by atoms with E-state index in [-0.39, 0.29) is 5.54 Å². The highest BCUT2D eigenvalue weighted by atomic mass is 16.1. The van der Waals surface area contributed by atoms with Crippen LogP contribution in [0.1, 0.15) is 36.3 Å². The van der Waals surface area contributed by atoms with Gasteiger partial charge in [-0.15, -0.1) is 0 Å². The van der Waals surface area contributed by atoms with E-state index in [2.05, 4.69) is 41.2 Å². The molecule has 3 nitrogen and oxygen atoms in total. The van der Waals surface area contributed by atoms with Crippen LogP contribution in [-0.4, -0.2) is 31.1 Å². The molecule has 1 aliphatic heterocycles. The number of likely N-dealkylation sites (tertiary alicyclic amines) is 1. The van der Waals surface area contributed by atoms with Gasteiger partial charge in [-0.05, 0) is 49.9 Å². The minimum atomic E-state index is -0.229. The summed E-state index contributed by atoms with van der Waals surface area (Å²) in [5.74, 6) is 0.661. The van der Waals surface area contributed by atoms with Crippen LogP contribution in [0.5, 0.6) is 0 Å². The van der Waals surface area contributed by atoms with E-state index < -0.39 is 0 Å². The second-order valence-corrected chi connectivity index (χ2v) is 5.60. The number of aliphatic imine (C=N–C) groups is 1. The maximum Gasteiger partial charge on any atom is 0.235 e. The average Bonchev–Trinajstić information content (AvgIpc) is 3.04. The van der Waals surface area contributed by atoms with E-state index in [1.165, 1.54) is 24.1 Å². The van der Waals surface area contributed by atoms with E-state index in [4.69, 9.17) is 0 Å². The van der Waals surface area contributed by atoms with Crippen molar-refractivity contribution >= 4 is 6.08 Å². The van der Waals surface area contributed by atoms with E-state index in [0.717, 1.165) is 19.4 Å². The summed E-state index contributed by atoms with van der Waals surface area (Å²) < 4.78 is 0. The van der Waals surface area contributed by atoms with Crippen molar-refractivity contribution in [2.24, 2.45) is 4.99 Å². The van der Waals surface area contributed by atoms with Gasteiger partial charge in [0.1, 0.15) is 0 Å². The monoisotopic (exact) mass is 242 g/mol. The van der Waals surface area contributed by atoms with Gasteiger partial charge in [0, 0.05) is 6.54 Å². The smallest absolute Gasteiger partial charge is 0.235 e. The molecule has 3 rings (SSSR count). The molecule has 94 valence electrons. The minimum Gasteiger partial charge on any atom is -0.306 e. The Bertz CT molecular complexity index is 484. The Labute approximate surface area is 108 Å². The Morgan fingerprint density at radius 2 is 2.06 bits per heavy atom. The van der Waals surface area contributed by atoms with E-state index >= 15 is 0 Å². The van der Waals surface area contributed by atoms with Gasteiger partial charge in [-0.3, -0.25) is 0 Å². The number of rotatable bonds is 3. The standard InChI is InChI=1S/C15H18N2O/c1-17-9-6-13(10-17)12-2-4-14(5-3-12)15(7-8-15)16-11-18/h2-5,13H,6-10H2,1H3. The first-order valence-electron chi connectivity index (χ1n) is 6.61. The fourth-order valence-corrected chi connectivity index (χ4v) is 2.94. The van der Waals surface area contributed by atoms with Crippen LogP contribution in [0.2, 0.25) is 0 Å². The predicted octanol–water partition coefficient (Wildman–Crippen LogP) is 2.43. The molecule has 0 amide bonds. The van der Waals surface area contributed by atoms with Gasteiger partial charge in [0.05, 0.1) is 5.54 Å². The van der Waals surface area contributed by atoms with Gasteiger partial charge in [-0.25, -0.2) is 4.79 Å². The molecular weight excluding hydrogens is 224 g/mol. The molecule has 1 unspecified atom stereocenters. The highest BCUT2D eigenvalue weighted by Crippen LogP contribution is 2.49. The van der Waals surface area contributed by atoms with Crippen LogP contribution < -0.4 is 0 Å². The lowest BCUT2D eigenvalue weighted by atomic mass is 9.95. The molecule has 3 heteroatoms. The molecule has 2 fully saturated rings. The minimum absolute atomic E-state index is 0.229. The lowest BCUT2D eigenvalue weighted by Gasteiger charge is -2.13. The quantitative estimate of drug-likeness (QED) is 0.602.